The molecule has 1 aromatic rings. The summed E-state index contributed by atoms with van der Waals surface area (Å²) in [7, 11) is 0. The Balaban J connectivity index is 1.49. The maximum atomic E-state index is 13.8. The van der Waals surface area contributed by atoms with Crippen molar-refractivity contribution >= 4 is 11.7 Å². The summed E-state index contributed by atoms with van der Waals surface area (Å²) in [6, 6.07) is 6.84. The summed E-state index contributed by atoms with van der Waals surface area (Å²) in [6.07, 6.45) is 7.68. The predicted molar refractivity (Wildman–Crippen MR) is 119 cm³/mol. The number of nitrogens with one attached hydrogen (secondary N) is 1. The van der Waals surface area contributed by atoms with Crippen LogP contribution in [0.15, 0.2) is 29.4 Å². The summed E-state index contributed by atoms with van der Waals surface area (Å²) in [5.74, 6) is 0.426. The van der Waals surface area contributed by atoms with Crippen molar-refractivity contribution in [2.24, 2.45) is 21.8 Å². The second-order valence-electron chi connectivity index (χ2n) is 10.4. The first-order valence-electron chi connectivity index (χ1n) is 11.7. The maximum absolute atomic E-state index is 13.8. The minimum atomic E-state index is -0.236. The van der Waals surface area contributed by atoms with Crippen molar-refractivity contribution < 1.29 is 9.18 Å². The highest BCUT2D eigenvalue weighted by molar-refractivity contribution is 5.94. The molecule has 4 nitrogen and oxygen atoms in total. The molecular weight excluding hydrogens is 377 g/mol. The number of fused-ring (bicyclic) bond motifs is 2. The third-order valence-electron chi connectivity index (χ3n) is 8.62. The largest absolute Gasteiger partial charge is 0.338 e. The molecule has 2 bridgehead atoms. The van der Waals surface area contributed by atoms with Crippen LogP contribution in [-0.4, -0.2) is 29.3 Å². The molecule has 1 aliphatic heterocycles. The van der Waals surface area contributed by atoms with E-state index in [2.05, 4.69) is 33.0 Å². The van der Waals surface area contributed by atoms with E-state index in [4.69, 9.17) is 5.10 Å². The van der Waals surface area contributed by atoms with E-state index in [9.17, 15) is 9.18 Å². The molecule has 1 N–H and O–H groups in total. The number of urea groups is 1. The number of hydrazone groups is 1. The van der Waals surface area contributed by atoms with E-state index in [0.29, 0.717) is 12.5 Å². The van der Waals surface area contributed by atoms with Crippen molar-refractivity contribution in [1.29, 1.82) is 0 Å². The third kappa shape index (κ3) is 3.54. The number of nitrogens with zero attached hydrogens (tertiary/aromatic N) is 2. The summed E-state index contributed by atoms with van der Waals surface area (Å²) in [5, 5.41) is 9.65. The van der Waals surface area contributed by atoms with E-state index < -0.39 is 0 Å². The first-order valence-corrected chi connectivity index (χ1v) is 11.7. The van der Waals surface area contributed by atoms with Gasteiger partial charge < -0.3 is 5.32 Å². The molecule has 4 atom stereocenters. The molecule has 1 aromatic carbocycles. The number of amides is 2. The van der Waals surface area contributed by atoms with Gasteiger partial charge in [-0.25, -0.2) is 14.2 Å². The van der Waals surface area contributed by atoms with Gasteiger partial charge in [0, 0.05) is 17.7 Å². The highest BCUT2D eigenvalue weighted by Crippen LogP contribution is 2.65. The van der Waals surface area contributed by atoms with Gasteiger partial charge in [-0.1, -0.05) is 52.7 Å². The molecule has 4 rings (SSSR count). The van der Waals surface area contributed by atoms with E-state index in [-0.39, 0.29) is 34.6 Å². The molecule has 30 heavy (non-hydrogen) atoms. The lowest BCUT2D eigenvalue weighted by Crippen LogP contribution is -2.50. The first kappa shape index (κ1) is 21.3. The lowest BCUT2D eigenvalue weighted by atomic mass is 9.69. The van der Waals surface area contributed by atoms with Gasteiger partial charge in [-0.3, -0.25) is 0 Å². The van der Waals surface area contributed by atoms with Crippen LogP contribution in [0.3, 0.4) is 0 Å². The van der Waals surface area contributed by atoms with Gasteiger partial charge in [0.15, 0.2) is 0 Å². The SMILES string of the molecule is CCCCCC1=NN(C(=O)N[C@H]2C[C@@H]3CC[C@]2(C)C3(C)C)CC1c1cccc(F)c1. The van der Waals surface area contributed by atoms with Gasteiger partial charge in [-0.05, 0) is 66.5 Å². The Labute approximate surface area is 180 Å². The highest BCUT2D eigenvalue weighted by atomic mass is 19.1. The Bertz CT molecular complexity index is 835. The van der Waals surface area contributed by atoms with Crippen LogP contribution in [0.25, 0.3) is 0 Å². The number of unbranched alkanes of at least 4 members (excludes halogenated alkanes) is 2. The maximum Gasteiger partial charge on any atom is 0.338 e. The number of hydrogen-bond donors (Lipinski definition) is 1. The fourth-order valence-corrected chi connectivity index (χ4v) is 6.12. The number of carbonyl (C=O) groups is 1. The second kappa shape index (κ2) is 7.97. The Morgan fingerprint density at radius 3 is 2.73 bits per heavy atom. The average Bonchev–Trinajstić information content (AvgIpc) is 3.28. The molecule has 2 fully saturated rings. The fraction of sp³-hybridized carbons (Fsp3) is 0.680. The van der Waals surface area contributed by atoms with E-state index in [1.807, 2.05) is 6.07 Å². The van der Waals surface area contributed by atoms with Crippen molar-refractivity contribution in [3.63, 3.8) is 0 Å². The van der Waals surface area contributed by atoms with Gasteiger partial charge in [0.1, 0.15) is 5.82 Å². The second-order valence-corrected chi connectivity index (χ2v) is 10.4. The molecule has 1 unspecified atom stereocenters. The van der Waals surface area contributed by atoms with Gasteiger partial charge in [0.2, 0.25) is 0 Å². The van der Waals surface area contributed by atoms with Crippen LogP contribution in [0.4, 0.5) is 9.18 Å². The third-order valence-corrected chi connectivity index (χ3v) is 8.62. The van der Waals surface area contributed by atoms with Crippen LogP contribution in [0.5, 0.6) is 0 Å². The first-order chi connectivity index (χ1) is 14.3. The smallest absolute Gasteiger partial charge is 0.333 e. The van der Waals surface area contributed by atoms with E-state index in [1.165, 1.54) is 18.9 Å². The monoisotopic (exact) mass is 413 g/mol. The van der Waals surface area contributed by atoms with Crippen LogP contribution in [0.2, 0.25) is 0 Å². The summed E-state index contributed by atoms with van der Waals surface area (Å²) >= 11 is 0. The molecule has 2 aliphatic carbocycles. The van der Waals surface area contributed by atoms with E-state index in [0.717, 1.165) is 43.4 Å². The van der Waals surface area contributed by atoms with Crippen LogP contribution in [0, 0.1) is 22.6 Å². The Morgan fingerprint density at radius 1 is 1.30 bits per heavy atom. The minimum absolute atomic E-state index is 0.0182. The molecule has 2 amide bonds. The standard InChI is InChI=1S/C25H36FN3O/c1-5-6-7-11-21-20(17-9-8-10-19(26)14-17)16-29(28-21)23(30)27-22-15-18-12-13-25(22,4)24(18,2)3/h8-10,14,18,20,22H,5-7,11-13,15-16H2,1-4H3,(H,27,30)/t18-,20?,22-,25-/m0/s1. The minimum Gasteiger partial charge on any atom is -0.333 e. The molecule has 0 radical (unpaired) electrons. The zero-order valence-electron chi connectivity index (χ0n) is 18.9. The number of rotatable bonds is 6. The van der Waals surface area contributed by atoms with E-state index in [1.54, 1.807) is 17.1 Å². The number of hydrogen-bond acceptors (Lipinski definition) is 2. The Morgan fingerprint density at radius 2 is 2.10 bits per heavy atom. The summed E-state index contributed by atoms with van der Waals surface area (Å²) < 4.78 is 13.8. The van der Waals surface area contributed by atoms with Crippen LogP contribution in [0.1, 0.15) is 84.1 Å². The Hall–Kier alpha value is -1.91. The summed E-state index contributed by atoms with van der Waals surface area (Å²) in [5.41, 5.74) is 2.31. The van der Waals surface area contributed by atoms with Gasteiger partial charge >= 0.3 is 6.03 Å². The molecule has 5 heteroatoms. The predicted octanol–water partition coefficient (Wildman–Crippen LogP) is 6.09. The zero-order valence-corrected chi connectivity index (χ0v) is 18.9. The van der Waals surface area contributed by atoms with Gasteiger partial charge in [0.05, 0.1) is 6.54 Å². The van der Waals surface area contributed by atoms with Crippen molar-refractivity contribution in [3.8, 4) is 0 Å². The highest BCUT2D eigenvalue weighted by Gasteiger charge is 2.61. The van der Waals surface area contributed by atoms with Gasteiger partial charge in [-0.15, -0.1) is 0 Å². The molecule has 164 valence electrons. The van der Waals surface area contributed by atoms with Crippen LogP contribution in [-0.2, 0) is 0 Å². The zero-order chi connectivity index (χ0) is 21.5. The number of halogens is 1. The Kier molecular flexibility index (Phi) is 5.67. The molecule has 3 aliphatic rings. The van der Waals surface area contributed by atoms with Crippen molar-refractivity contribution in [3.05, 3.63) is 35.6 Å². The van der Waals surface area contributed by atoms with Crippen LogP contribution >= 0.6 is 0 Å². The molecule has 0 saturated heterocycles. The van der Waals surface area contributed by atoms with E-state index >= 15 is 0 Å². The summed E-state index contributed by atoms with van der Waals surface area (Å²) in [6.45, 7) is 9.72. The molecule has 0 aromatic heterocycles. The van der Waals surface area contributed by atoms with Crippen LogP contribution < -0.4 is 5.32 Å². The van der Waals surface area contributed by atoms with Crippen molar-refractivity contribution in [2.75, 3.05) is 6.54 Å². The number of carbonyl (C=O) groups excluding carboxylic acids is 1. The van der Waals surface area contributed by atoms with Gasteiger partial charge in [-0.2, -0.15) is 5.10 Å². The quantitative estimate of drug-likeness (QED) is 0.564. The van der Waals surface area contributed by atoms with Crippen molar-refractivity contribution in [1.82, 2.24) is 10.3 Å². The molecule has 1 heterocycles. The molecule has 2 saturated carbocycles. The number of benzene rings is 1. The molecule has 0 spiro atoms. The lowest BCUT2D eigenvalue weighted by molar-refractivity contribution is 0.118. The topological polar surface area (TPSA) is 44.7 Å². The molecular formula is C25H36FN3O. The normalized spacial score (nSPS) is 31.8. The lowest BCUT2D eigenvalue weighted by Gasteiger charge is -2.39. The fourth-order valence-electron chi connectivity index (χ4n) is 6.12. The summed E-state index contributed by atoms with van der Waals surface area (Å²) in [4.78, 5) is 13.2. The van der Waals surface area contributed by atoms with Gasteiger partial charge in [0.25, 0.3) is 0 Å². The van der Waals surface area contributed by atoms with Crippen molar-refractivity contribution in [2.45, 2.75) is 84.6 Å². The average molecular weight is 414 g/mol.